The molecule has 22 heavy (non-hydrogen) atoms. The molecule has 0 saturated heterocycles. The summed E-state index contributed by atoms with van der Waals surface area (Å²) in [5, 5.41) is 4.19. The van der Waals surface area contributed by atoms with Crippen molar-refractivity contribution in [3.05, 3.63) is 91.0 Å². The van der Waals surface area contributed by atoms with Gasteiger partial charge in [0.15, 0.2) is 0 Å². The molecule has 0 radical (unpaired) electrons. The van der Waals surface area contributed by atoms with Gasteiger partial charge in [-0.25, -0.2) is 0 Å². The number of hydrogen-bond donors (Lipinski definition) is 1. The first-order chi connectivity index (χ1) is 10.9. The van der Waals surface area contributed by atoms with E-state index < -0.39 is 22.9 Å². The molecule has 4 heteroatoms. The Morgan fingerprint density at radius 2 is 0.818 bits per heavy atom. The Morgan fingerprint density at radius 1 is 0.591 bits per heavy atom. The molecule has 0 spiro atoms. The Kier molecular flexibility index (Phi) is 7.14. The molecule has 0 aliphatic rings. The van der Waals surface area contributed by atoms with Crippen molar-refractivity contribution in [1.29, 1.82) is 0 Å². The zero-order valence-corrected chi connectivity index (χ0v) is 13.7. The molecule has 0 unspecified atom stereocenters. The minimum atomic E-state index is -0.812. The van der Waals surface area contributed by atoms with E-state index in [4.69, 9.17) is 8.08 Å². The number of benzene rings is 3. The molecule has 0 aliphatic carbocycles. The minimum absolute atomic E-state index is 0.446. The molecular weight excluding hydrogens is 338 g/mol. The fourth-order valence-electron chi connectivity index (χ4n) is 2.18. The van der Waals surface area contributed by atoms with Crippen LogP contribution in [0.2, 0.25) is 0 Å². The van der Waals surface area contributed by atoms with Crippen LogP contribution in [0, 0.1) is 0 Å². The van der Waals surface area contributed by atoms with E-state index >= 15 is 0 Å². The standard InChI is InChI=1S/C18H15P.Co.H2O.O/c1-4-10-16(11-5-1)19(17-12-6-2-7-13-17)18-14-8-3-9-15-18;;;/h1-15H;;1H2;/q;+1;;/p-1. The maximum absolute atomic E-state index is 8.45. The Hall–Kier alpha value is -1.64. The van der Waals surface area contributed by atoms with Gasteiger partial charge >= 0.3 is 23.0 Å². The summed E-state index contributed by atoms with van der Waals surface area (Å²) in [4.78, 5) is 0. The molecule has 0 bridgehead atoms. The number of hydrogen-bond acceptors (Lipinski definition) is 1. The first-order valence-electron chi connectivity index (χ1n) is 6.69. The van der Waals surface area contributed by atoms with Crippen LogP contribution >= 0.6 is 7.92 Å². The van der Waals surface area contributed by atoms with Crippen molar-refractivity contribution >= 4 is 23.8 Å². The van der Waals surface area contributed by atoms with Crippen LogP contribution in [0.3, 0.4) is 0 Å². The molecule has 0 aliphatic heterocycles. The van der Waals surface area contributed by atoms with Gasteiger partial charge in [0.1, 0.15) is 0 Å². The van der Waals surface area contributed by atoms with Crippen molar-refractivity contribution in [2.45, 2.75) is 0 Å². The van der Waals surface area contributed by atoms with Crippen molar-refractivity contribution in [2.75, 3.05) is 0 Å². The molecule has 114 valence electrons. The van der Waals surface area contributed by atoms with E-state index in [1.807, 2.05) is 0 Å². The maximum atomic E-state index is 8.45. The van der Waals surface area contributed by atoms with Gasteiger partial charge in [0.2, 0.25) is 0 Å². The summed E-state index contributed by atoms with van der Waals surface area (Å²) in [6.45, 7) is 0. The van der Waals surface area contributed by atoms with Crippen LogP contribution in [-0.4, -0.2) is 4.22 Å². The zero-order valence-electron chi connectivity index (χ0n) is 11.8. The molecule has 0 saturated carbocycles. The fourth-order valence-corrected chi connectivity index (χ4v) is 4.48. The molecule has 1 N–H and O–H groups in total. The van der Waals surface area contributed by atoms with E-state index in [-0.39, 0.29) is 0 Å². The van der Waals surface area contributed by atoms with E-state index in [2.05, 4.69) is 91.0 Å². The Labute approximate surface area is 138 Å². The molecule has 3 aromatic rings. The second-order valence-electron chi connectivity index (χ2n) is 4.40. The fraction of sp³-hybridized carbons (Fsp3) is 0. The summed E-state index contributed by atoms with van der Waals surface area (Å²) in [5.74, 6) is 0. The monoisotopic (exact) mass is 354 g/mol. The zero-order chi connectivity index (χ0) is 15.6. The summed E-state index contributed by atoms with van der Waals surface area (Å²) >= 11 is -0.812. The topological polar surface area (TPSA) is 37.3 Å². The van der Waals surface area contributed by atoms with E-state index in [9.17, 15) is 0 Å². The predicted molar refractivity (Wildman–Crippen MR) is 88.1 cm³/mol. The van der Waals surface area contributed by atoms with Crippen molar-refractivity contribution in [3.8, 4) is 0 Å². The largest absolute Gasteiger partial charge is 0.0622 e. The van der Waals surface area contributed by atoms with Crippen molar-refractivity contribution in [3.63, 3.8) is 0 Å². The van der Waals surface area contributed by atoms with Crippen molar-refractivity contribution in [1.82, 2.24) is 0 Å². The van der Waals surface area contributed by atoms with E-state index in [0.717, 1.165) is 0 Å². The third-order valence-corrected chi connectivity index (χ3v) is 5.49. The smallest absolute Gasteiger partial charge is 0.0134 e. The Bertz CT molecular complexity index is 581. The summed E-state index contributed by atoms with van der Waals surface area (Å²) < 4.78 is 15.4. The minimum Gasteiger partial charge on any atom is -0.0622 e. The molecule has 0 aromatic heterocycles. The predicted octanol–water partition coefficient (Wildman–Crippen LogP) is 2.77. The second kappa shape index (κ2) is 9.39. The van der Waals surface area contributed by atoms with Crippen LogP contribution in [0.5, 0.6) is 0 Å². The molecule has 0 amide bonds. The van der Waals surface area contributed by atoms with Gasteiger partial charge in [0, 0.05) is 0 Å². The Morgan fingerprint density at radius 3 is 1.05 bits per heavy atom. The third kappa shape index (κ3) is 4.68. The number of rotatable bonds is 3. The third-order valence-electron chi connectivity index (χ3n) is 3.04. The molecule has 0 atom stereocenters. The molecule has 2 nitrogen and oxygen atoms in total. The van der Waals surface area contributed by atoms with Gasteiger partial charge in [-0.2, -0.15) is 0 Å². The SMILES string of the molecule is [O]=[Co][OH].c1ccc(P(c2ccccc2)c2ccccc2)cc1. The second-order valence-corrected chi connectivity index (χ2v) is 6.81. The van der Waals surface area contributed by atoms with Crippen LogP contribution < -0.4 is 15.9 Å². The first kappa shape index (κ1) is 16.7. The summed E-state index contributed by atoms with van der Waals surface area (Å²) in [5.41, 5.74) is 0. The van der Waals surface area contributed by atoms with Crippen LogP contribution in [0.15, 0.2) is 91.0 Å². The molecular formula is C18H16CoO2P. The Balaban J connectivity index is 0.000000545. The van der Waals surface area contributed by atoms with E-state index in [1.54, 1.807) is 0 Å². The average Bonchev–Trinajstić information content (AvgIpc) is 2.59. The van der Waals surface area contributed by atoms with Gasteiger partial charge in [-0.05, 0) is 23.8 Å². The molecule has 3 rings (SSSR count). The first-order valence-corrected chi connectivity index (χ1v) is 8.92. The van der Waals surface area contributed by atoms with Crippen LogP contribution in [0.4, 0.5) is 0 Å². The maximum Gasteiger partial charge on any atom is -0.0134 e. The van der Waals surface area contributed by atoms with Crippen LogP contribution in [-0.2, 0) is 18.8 Å². The van der Waals surface area contributed by atoms with Gasteiger partial charge in [0.25, 0.3) is 0 Å². The molecule has 0 heterocycles. The normalized spacial score (nSPS) is 10.1. The van der Waals surface area contributed by atoms with E-state index in [1.165, 1.54) is 15.9 Å². The van der Waals surface area contributed by atoms with Crippen LogP contribution in [0.25, 0.3) is 0 Å². The van der Waals surface area contributed by atoms with Crippen LogP contribution in [0.1, 0.15) is 0 Å². The van der Waals surface area contributed by atoms with Gasteiger partial charge < -0.3 is 0 Å². The van der Waals surface area contributed by atoms with E-state index in [0.29, 0.717) is 0 Å². The summed E-state index contributed by atoms with van der Waals surface area (Å²) in [6.07, 6.45) is 0. The summed E-state index contributed by atoms with van der Waals surface area (Å²) in [7, 11) is -0.446. The van der Waals surface area contributed by atoms with Crippen molar-refractivity contribution in [2.24, 2.45) is 0 Å². The molecule has 0 fully saturated rings. The summed E-state index contributed by atoms with van der Waals surface area (Å²) in [6, 6.07) is 32.3. The average molecular weight is 354 g/mol. The van der Waals surface area contributed by atoms with Gasteiger partial charge in [-0.1, -0.05) is 91.0 Å². The van der Waals surface area contributed by atoms with Gasteiger partial charge in [0.05, 0.1) is 0 Å². The molecule has 3 aromatic carbocycles. The van der Waals surface area contributed by atoms with Gasteiger partial charge in [-0.3, -0.25) is 0 Å². The van der Waals surface area contributed by atoms with Gasteiger partial charge in [-0.15, -0.1) is 0 Å². The van der Waals surface area contributed by atoms with Crippen molar-refractivity contribution < 1.29 is 23.0 Å². The quantitative estimate of drug-likeness (QED) is 0.735.